The molecule has 0 N–H and O–H groups in total. The van der Waals surface area contributed by atoms with Crippen LogP contribution in [0.25, 0.3) is 22.0 Å². The Hall–Kier alpha value is -2.88. The summed E-state index contributed by atoms with van der Waals surface area (Å²) in [5.74, 6) is -0.773. The van der Waals surface area contributed by atoms with Gasteiger partial charge in [0, 0.05) is 37.2 Å². The molecule has 0 atom stereocenters. The quantitative estimate of drug-likeness (QED) is 0.530. The van der Waals surface area contributed by atoms with Crippen LogP contribution >= 0.6 is 0 Å². The Balaban J connectivity index is 1.74. The van der Waals surface area contributed by atoms with E-state index in [1.54, 1.807) is 11.1 Å². The molecule has 0 saturated carbocycles. The highest BCUT2D eigenvalue weighted by Gasteiger charge is 2.27. The molecule has 0 unspecified atom stereocenters. The molecule has 1 fully saturated rings. The van der Waals surface area contributed by atoms with Crippen LogP contribution in [-0.2, 0) is 11.8 Å². The van der Waals surface area contributed by atoms with E-state index in [9.17, 15) is 9.59 Å². The number of hydrogen-bond donors (Lipinski definition) is 0. The van der Waals surface area contributed by atoms with E-state index in [1.807, 2.05) is 54.1 Å². The second-order valence-electron chi connectivity index (χ2n) is 6.93. The Morgan fingerprint density at radius 1 is 0.885 bits per heavy atom. The molecule has 0 aliphatic carbocycles. The standard InChI is InChI=1S/C22H22N2O2/c1-23-15-19(21(25)22(26)24-12-6-3-7-13-24)18-14-17(10-11-20(18)23)16-8-4-2-5-9-16/h2,4-5,8-11,14-15H,3,6-7,12-13H2,1H3. The van der Waals surface area contributed by atoms with Gasteiger partial charge >= 0.3 is 0 Å². The lowest BCUT2D eigenvalue weighted by Gasteiger charge is -2.25. The van der Waals surface area contributed by atoms with Gasteiger partial charge in [-0.05, 0) is 42.5 Å². The molecular weight excluding hydrogens is 324 g/mol. The van der Waals surface area contributed by atoms with E-state index in [4.69, 9.17) is 0 Å². The zero-order chi connectivity index (χ0) is 18.1. The Labute approximate surface area is 153 Å². The van der Waals surface area contributed by atoms with Crippen LogP contribution in [0, 0.1) is 0 Å². The maximum atomic E-state index is 12.9. The topological polar surface area (TPSA) is 42.3 Å². The smallest absolute Gasteiger partial charge is 0.295 e. The molecule has 0 radical (unpaired) electrons. The Morgan fingerprint density at radius 3 is 2.35 bits per heavy atom. The second kappa shape index (κ2) is 6.79. The van der Waals surface area contributed by atoms with Gasteiger partial charge < -0.3 is 9.47 Å². The van der Waals surface area contributed by atoms with E-state index in [2.05, 4.69) is 6.07 Å². The van der Waals surface area contributed by atoms with Gasteiger partial charge in [0.15, 0.2) is 0 Å². The molecule has 4 rings (SSSR count). The molecule has 1 aromatic heterocycles. The molecule has 2 aromatic carbocycles. The van der Waals surface area contributed by atoms with Gasteiger partial charge in [0.2, 0.25) is 0 Å². The van der Waals surface area contributed by atoms with Gasteiger partial charge in [0.25, 0.3) is 11.7 Å². The lowest BCUT2D eigenvalue weighted by Crippen LogP contribution is -2.40. The molecule has 132 valence electrons. The summed E-state index contributed by atoms with van der Waals surface area (Å²) in [5, 5.41) is 0.837. The summed E-state index contributed by atoms with van der Waals surface area (Å²) >= 11 is 0. The predicted molar refractivity (Wildman–Crippen MR) is 103 cm³/mol. The molecule has 1 amide bonds. The first-order valence-electron chi connectivity index (χ1n) is 9.13. The van der Waals surface area contributed by atoms with Gasteiger partial charge in [-0.15, -0.1) is 0 Å². The van der Waals surface area contributed by atoms with Gasteiger partial charge in [-0.2, -0.15) is 0 Å². The maximum absolute atomic E-state index is 12.9. The van der Waals surface area contributed by atoms with E-state index in [0.717, 1.165) is 41.3 Å². The Kier molecular flexibility index (Phi) is 4.33. The third-order valence-electron chi connectivity index (χ3n) is 5.18. The molecule has 4 heteroatoms. The zero-order valence-corrected chi connectivity index (χ0v) is 14.9. The van der Waals surface area contributed by atoms with Crippen molar-refractivity contribution in [3.05, 3.63) is 60.3 Å². The fourth-order valence-corrected chi connectivity index (χ4v) is 3.74. The van der Waals surface area contributed by atoms with Crippen LogP contribution in [0.1, 0.15) is 29.6 Å². The lowest BCUT2D eigenvalue weighted by molar-refractivity contribution is -0.127. The molecule has 2 heterocycles. The highest BCUT2D eigenvalue weighted by molar-refractivity contribution is 6.45. The number of likely N-dealkylation sites (tertiary alicyclic amines) is 1. The summed E-state index contributed by atoms with van der Waals surface area (Å²) in [4.78, 5) is 27.3. The molecule has 3 aromatic rings. The number of piperidine rings is 1. The summed E-state index contributed by atoms with van der Waals surface area (Å²) in [7, 11) is 1.91. The van der Waals surface area contributed by atoms with Crippen molar-refractivity contribution in [3.63, 3.8) is 0 Å². The third kappa shape index (κ3) is 2.92. The number of carbonyl (C=O) groups is 2. The summed E-state index contributed by atoms with van der Waals surface area (Å²) in [5.41, 5.74) is 3.60. The molecule has 1 saturated heterocycles. The zero-order valence-electron chi connectivity index (χ0n) is 14.9. The molecule has 26 heavy (non-hydrogen) atoms. The normalized spacial score (nSPS) is 14.6. The number of Topliss-reactive ketones (excluding diaryl/α,β-unsaturated/α-hetero) is 1. The van der Waals surface area contributed by atoms with Crippen molar-refractivity contribution in [2.24, 2.45) is 7.05 Å². The summed E-state index contributed by atoms with van der Waals surface area (Å²) in [6.45, 7) is 1.37. The largest absolute Gasteiger partial charge is 0.350 e. The van der Waals surface area contributed by atoms with Crippen LogP contribution in [0.4, 0.5) is 0 Å². The van der Waals surface area contributed by atoms with E-state index < -0.39 is 5.78 Å². The third-order valence-corrected chi connectivity index (χ3v) is 5.18. The monoisotopic (exact) mass is 346 g/mol. The van der Waals surface area contributed by atoms with Crippen molar-refractivity contribution >= 4 is 22.6 Å². The van der Waals surface area contributed by atoms with Crippen LogP contribution in [0.3, 0.4) is 0 Å². The Bertz CT molecular complexity index is 966. The lowest BCUT2D eigenvalue weighted by atomic mass is 10.0. The fourth-order valence-electron chi connectivity index (χ4n) is 3.74. The van der Waals surface area contributed by atoms with Crippen molar-refractivity contribution in [2.75, 3.05) is 13.1 Å². The summed E-state index contributed by atoms with van der Waals surface area (Å²) < 4.78 is 1.92. The summed E-state index contributed by atoms with van der Waals surface area (Å²) in [6.07, 6.45) is 4.87. The minimum atomic E-state index is -0.400. The molecule has 0 spiro atoms. The van der Waals surface area contributed by atoms with Crippen molar-refractivity contribution in [1.82, 2.24) is 9.47 Å². The number of rotatable bonds is 3. The van der Waals surface area contributed by atoms with Crippen molar-refractivity contribution in [1.29, 1.82) is 0 Å². The number of hydrogen-bond acceptors (Lipinski definition) is 2. The molecule has 1 aliphatic heterocycles. The Morgan fingerprint density at radius 2 is 1.62 bits per heavy atom. The minimum absolute atomic E-state index is 0.373. The van der Waals surface area contributed by atoms with E-state index in [-0.39, 0.29) is 5.91 Å². The predicted octanol–water partition coefficient (Wildman–Crippen LogP) is 4.04. The second-order valence-corrected chi connectivity index (χ2v) is 6.93. The van der Waals surface area contributed by atoms with Gasteiger partial charge in [-0.25, -0.2) is 0 Å². The van der Waals surface area contributed by atoms with Gasteiger partial charge in [-0.1, -0.05) is 36.4 Å². The van der Waals surface area contributed by atoms with Gasteiger partial charge in [-0.3, -0.25) is 9.59 Å². The van der Waals surface area contributed by atoms with Crippen LogP contribution in [0.2, 0.25) is 0 Å². The maximum Gasteiger partial charge on any atom is 0.295 e. The average Bonchev–Trinajstić information content (AvgIpc) is 3.04. The molecule has 4 nitrogen and oxygen atoms in total. The first kappa shape index (κ1) is 16.6. The minimum Gasteiger partial charge on any atom is -0.350 e. The van der Waals surface area contributed by atoms with Gasteiger partial charge in [0.05, 0.1) is 5.56 Å². The van der Waals surface area contributed by atoms with Crippen molar-refractivity contribution < 1.29 is 9.59 Å². The number of nitrogens with zero attached hydrogens (tertiary/aromatic N) is 2. The van der Waals surface area contributed by atoms with Crippen LogP contribution < -0.4 is 0 Å². The number of ketones is 1. The van der Waals surface area contributed by atoms with E-state index in [0.29, 0.717) is 18.7 Å². The SMILES string of the molecule is Cn1cc(C(=O)C(=O)N2CCCCC2)c2cc(-c3ccccc3)ccc21. The summed E-state index contributed by atoms with van der Waals surface area (Å²) in [6, 6.07) is 16.2. The van der Waals surface area contributed by atoms with E-state index in [1.165, 1.54) is 0 Å². The number of fused-ring (bicyclic) bond motifs is 1. The van der Waals surface area contributed by atoms with Crippen LogP contribution in [-0.4, -0.2) is 34.2 Å². The number of aromatic nitrogens is 1. The average molecular weight is 346 g/mol. The number of amides is 1. The number of aryl methyl sites for hydroxylation is 1. The highest BCUT2D eigenvalue weighted by Crippen LogP contribution is 2.28. The molecule has 1 aliphatic rings. The highest BCUT2D eigenvalue weighted by atomic mass is 16.2. The van der Waals surface area contributed by atoms with Gasteiger partial charge in [0.1, 0.15) is 0 Å². The first-order chi connectivity index (χ1) is 12.6. The van der Waals surface area contributed by atoms with Crippen molar-refractivity contribution in [2.45, 2.75) is 19.3 Å². The van der Waals surface area contributed by atoms with Crippen LogP contribution in [0.5, 0.6) is 0 Å². The number of benzene rings is 2. The van der Waals surface area contributed by atoms with E-state index >= 15 is 0 Å². The number of carbonyl (C=O) groups excluding carboxylic acids is 2. The first-order valence-corrected chi connectivity index (χ1v) is 9.13. The van der Waals surface area contributed by atoms with Crippen LogP contribution in [0.15, 0.2) is 54.7 Å². The van der Waals surface area contributed by atoms with Crippen molar-refractivity contribution in [3.8, 4) is 11.1 Å². The molecule has 0 bridgehead atoms. The fraction of sp³-hybridized carbons (Fsp3) is 0.273. The molecular formula is C22H22N2O2.